The Bertz CT molecular complexity index is 910. The molecule has 2 saturated heterocycles. The number of hydrogen-bond donors (Lipinski definition) is 1. The van der Waals surface area contributed by atoms with Gasteiger partial charge in [0.2, 0.25) is 15.9 Å². The second-order valence-electron chi connectivity index (χ2n) is 10.0. The number of benzene rings is 1. The second kappa shape index (κ2) is 13.3. The topological polar surface area (TPSA) is 73.0 Å². The van der Waals surface area contributed by atoms with Gasteiger partial charge in [-0.3, -0.25) is 9.69 Å². The largest absolute Gasteiger partial charge is 0.349 e. The molecule has 1 N–H and O–H groups in total. The van der Waals surface area contributed by atoms with E-state index in [1.807, 2.05) is 0 Å². The molecule has 0 aromatic heterocycles. The average molecular weight is 570 g/mol. The molecule has 0 atom stereocenters. The molecule has 1 aromatic carbocycles. The third kappa shape index (κ3) is 7.69. The molecule has 0 bridgehead atoms. The number of piperazine rings is 1. The molecule has 1 saturated carbocycles. The molecule has 4 rings (SSSR count). The summed E-state index contributed by atoms with van der Waals surface area (Å²) in [5.41, 5.74) is -0.141. The van der Waals surface area contributed by atoms with E-state index in [0.29, 0.717) is 31.0 Å². The molecule has 0 spiro atoms. The van der Waals surface area contributed by atoms with Crippen LogP contribution in [0.15, 0.2) is 29.2 Å². The highest BCUT2D eigenvalue weighted by atomic mass is 35.5. The van der Waals surface area contributed by atoms with Gasteiger partial charge < -0.3 is 10.2 Å². The summed E-state index contributed by atoms with van der Waals surface area (Å²) in [4.78, 5) is 18.4. The zero-order chi connectivity index (χ0) is 23.5. The smallest absolute Gasteiger partial charge is 0.243 e. The molecule has 1 aromatic rings. The number of nitrogens with one attached hydrogen (secondary N) is 1. The van der Waals surface area contributed by atoms with Crippen LogP contribution in [0.4, 0.5) is 0 Å². The van der Waals surface area contributed by atoms with Crippen LogP contribution in [0, 0.1) is 5.92 Å². The van der Waals surface area contributed by atoms with Crippen molar-refractivity contribution in [2.75, 3.05) is 52.9 Å². The first-order valence-corrected chi connectivity index (χ1v) is 14.1. The van der Waals surface area contributed by atoms with Crippen molar-refractivity contribution in [2.45, 2.75) is 55.4 Å². The van der Waals surface area contributed by atoms with Gasteiger partial charge in [0, 0.05) is 56.8 Å². The van der Waals surface area contributed by atoms with Gasteiger partial charge in [0.05, 0.1) is 10.4 Å². The minimum atomic E-state index is -3.56. The van der Waals surface area contributed by atoms with Crippen LogP contribution in [0.2, 0.25) is 5.02 Å². The molecule has 1 amide bonds. The van der Waals surface area contributed by atoms with E-state index in [-0.39, 0.29) is 47.1 Å². The molecule has 200 valence electrons. The van der Waals surface area contributed by atoms with Crippen molar-refractivity contribution in [2.24, 2.45) is 5.92 Å². The lowest BCUT2D eigenvalue weighted by Crippen LogP contribution is -2.60. The van der Waals surface area contributed by atoms with Gasteiger partial charge in [-0.25, -0.2) is 8.42 Å². The zero-order valence-corrected chi connectivity index (χ0v) is 23.7. The SMILES string of the molecule is CN1CCN(CC2(NC(=O)C3CCN(S(=O)(=O)c4ccc(Cl)cc4)CC3)CCCCC2)CC1.Cl.Cl. The Morgan fingerprint density at radius 1 is 0.971 bits per heavy atom. The molecular formula is C24H39Cl3N4O3S. The van der Waals surface area contributed by atoms with Gasteiger partial charge in [-0.1, -0.05) is 30.9 Å². The van der Waals surface area contributed by atoms with E-state index in [4.69, 9.17) is 11.6 Å². The second-order valence-corrected chi connectivity index (χ2v) is 12.4. The summed E-state index contributed by atoms with van der Waals surface area (Å²) in [6.45, 7) is 5.92. The molecule has 0 radical (unpaired) electrons. The van der Waals surface area contributed by atoms with Gasteiger partial charge in [0.15, 0.2) is 0 Å². The van der Waals surface area contributed by atoms with Crippen LogP contribution >= 0.6 is 36.4 Å². The molecule has 3 aliphatic rings. The summed E-state index contributed by atoms with van der Waals surface area (Å²) in [6, 6.07) is 6.28. The lowest BCUT2D eigenvalue weighted by Gasteiger charge is -2.44. The summed E-state index contributed by atoms with van der Waals surface area (Å²) in [7, 11) is -1.40. The maximum atomic E-state index is 13.3. The molecule has 2 heterocycles. The van der Waals surface area contributed by atoms with Crippen molar-refractivity contribution < 1.29 is 13.2 Å². The van der Waals surface area contributed by atoms with Crippen LogP contribution in [0.1, 0.15) is 44.9 Å². The van der Waals surface area contributed by atoms with Crippen LogP contribution in [-0.2, 0) is 14.8 Å². The summed E-state index contributed by atoms with van der Waals surface area (Å²) in [5.74, 6) is -0.0254. The van der Waals surface area contributed by atoms with Crippen LogP contribution in [0.5, 0.6) is 0 Å². The van der Waals surface area contributed by atoms with Crippen LogP contribution in [-0.4, -0.2) is 86.8 Å². The first kappa shape index (κ1) is 30.6. The van der Waals surface area contributed by atoms with Crippen LogP contribution in [0.3, 0.4) is 0 Å². The number of sulfonamides is 1. The third-order valence-corrected chi connectivity index (χ3v) is 9.76. The van der Waals surface area contributed by atoms with E-state index in [2.05, 4.69) is 22.2 Å². The van der Waals surface area contributed by atoms with Crippen molar-refractivity contribution in [3.63, 3.8) is 0 Å². The van der Waals surface area contributed by atoms with Gasteiger partial charge in [-0.15, -0.1) is 24.8 Å². The molecule has 7 nitrogen and oxygen atoms in total. The molecule has 2 aliphatic heterocycles. The highest BCUT2D eigenvalue weighted by Crippen LogP contribution is 2.31. The third-order valence-electron chi connectivity index (χ3n) is 7.60. The van der Waals surface area contributed by atoms with Gasteiger partial charge in [-0.2, -0.15) is 4.31 Å². The van der Waals surface area contributed by atoms with Crippen LogP contribution in [0.25, 0.3) is 0 Å². The Kier molecular flexibility index (Phi) is 11.6. The lowest BCUT2D eigenvalue weighted by atomic mass is 9.80. The number of rotatable bonds is 6. The van der Waals surface area contributed by atoms with Gasteiger partial charge in [0.25, 0.3) is 0 Å². The van der Waals surface area contributed by atoms with E-state index < -0.39 is 10.0 Å². The van der Waals surface area contributed by atoms with E-state index in [9.17, 15) is 13.2 Å². The number of carbonyl (C=O) groups is 1. The van der Waals surface area contributed by atoms with E-state index in [1.54, 1.807) is 24.3 Å². The predicted molar refractivity (Wildman–Crippen MR) is 145 cm³/mol. The van der Waals surface area contributed by atoms with E-state index in [1.165, 1.54) is 10.7 Å². The molecule has 11 heteroatoms. The standard InChI is InChI=1S/C24H37ClN4O3S.2ClH/c1-27-15-17-28(18-16-27)19-24(11-3-2-4-12-24)26-23(30)20-9-13-29(14-10-20)33(31,32)22-7-5-21(25)6-8-22;;/h5-8,20H,2-4,9-19H2,1H3,(H,26,30);2*1H. The summed E-state index contributed by atoms with van der Waals surface area (Å²) in [6.07, 6.45) is 6.75. The monoisotopic (exact) mass is 568 g/mol. The Labute approximate surface area is 227 Å². The van der Waals surface area contributed by atoms with Crippen molar-refractivity contribution >= 4 is 52.3 Å². The maximum absolute atomic E-state index is 13.3. The Morgan fingerprint density at radius 3 is 2.11 bits per heavy atom. The summed E-state index contributed by atoms with van der Waals surface area (Å²) >= 11 is 5.90. The number of carbonyl (C=O) groups excluding carboxylic acids is 1. The van der Waals surface area contributed by atoms with Gasteiger partial charge in [-0.05, 0) is 57.0 Å². The first-order chi connectivity index (χ1) is 15.8. The van der Waals surface area contributed by atoms with Crippen molar-refractivity contribution in [1.29, 1.82) is 0 Å². The van der Waals surface area contributed by atoms with E-state index >= 15 is 0 Å². The molecule has 0 unspecified atom stereocenters. The van der Waals surface area contributed by atoms with Gasteiger partial charge in [0.1, 0.15) is 0 Å². The summed E-state index contributed by atoms with van der Waals surface area (Å²) < 4.78 is 27.4. The number of likely N-dealkylation sites (N-methyl/N-ethyl adjacent to an activating group) is 1. The number of hydrogen-bond acceptors (Lipinski definition) is 5. The average Bonchev–Trinajstić information content (AvgIpc) is 2.81. The Balaban J connectivity index is 0.00000216. The lowest BCUT2D eigenvalue weighted by molar-refractivity contribution is -0.129. The van der Waals surface area contributed by atoms with Crippen LogP contribution < -0.4 is 5.32 Å². The quantitative estimate of drug-likeness (QED) is 0.566. The number of amides is 1. The van der Waals surface area contributed by atoms with E-state index in [0.717, 1.165) is 58.4 Å². The minimum absolute atomic E-state index is 0. The maximum Gasteiger partial charge on any atom is 0.243 e. The normalized spacial score (nSPS) is 22.6. The molecule has 3 fully saturated rings. The number of piperidine rings is 1. The fourth-order valence-corrected chi connectivity index (χ4v) is 7.06. The fraction of sp³-hybridized carbons (Fsp3) is 0.708. The van der Waals surface area contributed by atoms with Gasteiger partial charge >= 0.3 is 0 Å². The first-order valence-electron chi connectivity index (χ1n) is 12.3. The molecule has 35 heavy (non-hydrogen) atoms. The fourth-order valence-electron chi connectivity index (χ4n) is 5.46. The van der Waals surface area contributed by atoms with Crippen molar-refractivity contribution in [3.05, 3.63) is 29.3 Å². The molecular weight excluding hydrogens is 531 g/mol. The van der Waals surface area contributed by atoms with Crippen molar-refractivity contribution in [1.82, 2.24) is 19.4 Å². The number of nitrogens with zero attached hydrogens (tertiary/aromatic N) is 3. The zero-order valence-electron chi connectivity index (χ0n) is 20.5. The molecule has 1 aliphatic carbocycles. The van der Waals surface area contributed by atoms with Crippen molar-refractivity contribution in [3.8, 4) is 0 Å². The Morgan fingerprint density at radius 2 is 1.54 bits per heavy atom. The number of halogens is 3. The summed E-state index contributed by atoms with van der Waals surface area (Å²) in [5, 5.41) is 3.99. The highest BCUT2D eigenvalue weighted by molar-refractivity contribution is 7.89. The predicted octanol–water partition coefficient (Wildman–Crippen LogP) is 3.65. The minimum Gasteiger partial charge on any atom is -0.349 e. The highest BCUT2D eigenvalue weighted by Gasteiger charge is 2.39. The Hall–Kier alpha value is -0.610.